The Bertz CT molecular complexity index is 1170. The van der Waals surface area contributed by atoms with Crippen LogP contribution in [0.15, 0.2) is 38.6 Å². The number of hydrogen-bond donors (Lipinski definition) is 1. The summed E-state index contributed by atoms with van der Waals surface area (Å²) in [5, 5.41) is 3.67. The largest absolute Gasteiger partial charge is 0.360 e. The zero-order chi connectivity index (χ0) is 23.0. The van der Waals surface area contributed by atoms with Gasteiger partial charge in [-0.2, -0.15) is 9.03 Å². The fraction of sp³-hybridized carbons (Fsp3) is 0.444. The number of carbonyl (C=O) groups is 1. The predicted molar refractivity (Wildman–Crippen MR) is 107 cm³/mol. The molecular formula is C18H23FN4O6S2. The van der Waals surface area contributed by atoms with E-state index in [-0.39, 0.29) is 42.5 Å². The first-order valence-electron chi connectivity index (χ1n) is 9.44. The van der Waals surface area contributed by atoms with E-state index >= 15 is 0 Å². The van der Waals surface area contributed by atoms with E-state index in [0.29, 0.717) is 0 Å². The first kappa shape index (κ1) is 23.3. The number of piperazine rings is 1. The van der Waals surface area contributed by atoms with Crippen LogP contribution in [0.25, 0.3) is 0 Å². The molecule has 10 nitrogen and oxygen atoms in total. The average Bonchev–Trinajstić information content (AvgIpc) is 3.06. The molecule has 1 atom stereocenters. The highest BCUT2D eigenvalue weighted by Crippen LogP contribution is 2.24. The molecule has 1 saturated heterocycles. The fourth-order valence-corrected chi connectivity index (χ4v) is 6.39. The molecule has 0 spiro atoms. The lowest BCUT2D eigenvalue weighted by molar-refractivity contribution is -0.133. The van der Waals surface area contributed by atoms with Gasteiger partial charge in [0, 0.05) is 26.2 Å². The van der Waals surface area contributed by atoms with Gasteiger partial charge in [0.1, 0.15) is 21.3 Å². The predicted octanol–water partition coefficient (Wildman–Crippen LogP) is 0.630. The smallest absolute Gasteiger partial charge is 0.248 e. The second kappa shape index (κ2) is 8.65. The van der Waals surface area contributed by atoms with Crippen molar-refractivity contribution in [2.45, 2.75) is 36.6 Å². The SMILES string of the molecule is Cc1noc(C)c1S(=O)(=O)N1CCN(C(=O)[C@H](C)NS(=O)(=O)c2ccccc2F)CC1. The summed E-state index contributed by atoms with van der Waals surface area (Å²) < 4.78 is 72.7. The molecule has 1 aliphatic rings. The van der Waals surface area contributed by atoms with Gasteiger partial charge in [0.15, 0.2) is 5.76 Å². The highest BCUT2D eigenvalue weighted by atomic mass is 32.2. The third kappa shape index (κ3) is 4.63. The number of amides is 1. The Balaban J connectivity index is 1.66. The summed E-state index contributed by atoms with van der Waals surface area (Å²) in [5.41, 5.74) is 0.257. The highest BCUT2D eigenvalue weighted by Gasteiger charge is 2.35. The number of carbonyl (C=O) groups excluding carboxylic acids is 1. The normalized spacial score (nSPS) is 17.0. The molecule has 0 bridgehead atoms. The molecule has 2 aromatic rings. The first-order chi connectivity index (χ1) is 14.4. The van der Waals surface area contributed by atoms with Crippen molar-refractivity contribution in [3.05, 3.63) is 41.5 Å². The van der Waals surface area contributed by atoms with Crippen LogP contribution in [0, 0.1) is 19.7 Å². The minimum Gasteiger partial charge on any atom is -0.360 e. The monoisotopic (exact) mass is 474 g/mol. The van der Waals surface area contributed by atoms with Gasteiger partial charge in [-0.05, 0) is 32.9 Å². The van der Waals surface area contributed by atoms with E-state index in [1.807, 2.05) is 0 Å². The molecule has 1 aromatic heterocycles. The minimum absolute atomic E-state index is 0.0123. The third-order valence-electron chi connectivity index (χ3n) is 4.94. The highest BCUT2D eigenvalue weighted by molar-refractivity contribution is 7.89. The lowest BCUT2D eigenvalue weighted by Gasteiger charge is -2.35. The maximum absolute atomic E-state index is 13.8. The number of halogens is 1. The summed E-state index contributed by atoms with van der Waals surface area (Å²) in [6, 6.07) is 3.70. The van der Waals surface area contributed by atoms with Gasteiger partial charge in [-0.1, -0.05) is 17.3 Å². The Labute approximate surface area is 180 Å². The molecule has 1 aromatic carbocycles. The maximum Gasteiger partial charge on any atom is 0.248 e. The molecule has 1 fully saturated rings. The van der Waals surface area contributed by atoms with Crippen LogP contribution < -0.4 is 4.72 Å². The van der Waals surface area contributed by atoms with Crippen molar-refractivity contribution in [2.75, 3.05) is 26.2 Å². The molecule has 1 N–H and O–H groups in total. The molecule has 31 heavy (non-hydrogen) atoms. The Morgan fingerprint density at radius 1 is 1.13 bits per heavy atom. The zero-order valence-electron chi connectivity index (χ0n) is 17.2. The van der Waals surface area contributed by atoms with Gasteiger partial charge in [0.05, 0.1) is 6.04 Å². The van der Waals surface area contributed by atoms with Crippen molar-refractivity contribution >= 4 is 26.0 Å². The van der Waals surface area contributed by atoms with Crippen LogP contribution in [0.1, 0.15) is 18.4 Å². The fourth-order valence-electron chi connectivity index (χ4n) is 3.40. The summed E-state index contributed by atoms with van der Waals surface area (Å²) in [6.45, 7) is 4.62. The van der Waals surface area contributed by atoms with Gasteiger partial charge in [-0.15, -0.1) is 0 Å². The van der Waals surface area contributed by atoms with Gasteiger partial charge in [-0.3, -0.25) is 4.79 Å². The van der Waals surface area contributed by atoms with Gasteiger partial charge >= 0.3 is 0 Å². The molecule has 0 saturated carbocycles. The molecule has 170 valence electrons. The van der Waals surface area contributed by atoms with E-state index in [1.54, 1.807) is 0 Å². The Hall–Kier alpha value is -2.35. The van der Waals surface area contributed by atoms with Crippen molar-refractivity contribution in [2.24, 2.45) is 0 Å². The van der Waals surface area contributed by atoms with Crippen molar-refractivity contribution in [3.8, 4) is 0 Å². The Kier molecular flexibility index (Phi) is 6.51. The Morgan fingerprint density at radius 3 is 2.29 bits per heavy atom. The van der Waals surface area contributed by atoms with Crippen molar-refractivity contribution < 1.29 is 30.5 Å². The summed E-state index contributed by atoms with van der Waals surface area (Å²) in [6.07, 6.45) is 0. The third-order valence-corrected chi connectivity index (χ3v) is 8.66. The van der Waals surface area contributed by atoms with Crippen LogP contribution in [0.3, 0.4) is 0 Å². The molecule has 13 heteroatoms. The van der Waals surface area contributed by atoms with Crippen LogP contribution >= 0.6 is 0 Å². The van der Waals surface area contributed by atoms with Crippen molar-refractivity contribution in [1.29, 1.82) is 0 Å². The maximum atomic E-state index is 13.8. The van der Waals surface area contributed by atoms with Crippen LogP contribution in [0.5, 0.6) is 0 Å². The van der Waals surface area contributed by atoms with E-state index in [1.165, 1.54) is 42.1 Å². The number of benzene rings is 1. The number of hydrogen-bond acceptors (Lipinski definition) is 7. The molecule has 3 rings (SSSR count). The number of rotatable bonds is 6. The number of aryl methyl sites for hydroxylation is 2. The molecule has 1 amide bonds. The van der Waals surface area contributed by atoms with Crippen molar-refractivity contribution in [3.63, 3.8) is 0 Å². The van der Waals surface area contributed by atoms with Crippen LogP contribution in [0.2, 0.25) is 0 Å². The lowest BCUT2D eigenvalue weighted by Crippen LogP contribution is -2.55. The number of nitrogens with zero attached hydrogens (tertiary/aromatic N) is 3. The van der Waals surface area contributed by atoms with E-state index < -0.39 is 42.7 Å². The van der Waals surface area contributed by atoms with Crippen LogP contribution in [-0.4, -0.2) is 69.3 Å². The average molecular weight is 475 g/mol. The minimum atomic E-state index is -4.24. The van der Waals surface area contributed by atoms with E-state index in [9.17, 15) is 26.0 Å². The topological polar surface area (TPSA) is 130 Å². The number of sulfonamides is 2. The first-order valence-corrected chi connectivity index (χ1v) is 12.4. The second-order valence-electron chi connectivity index (χ2n) is 7.16. The number of aromatic nitrogens is 1. The zero-order valence-corrected chi connectivity index (χ0v) is 18.8. The summed E-state index contributed by atoms with van der Waals surface area (Å²) in [4.78, 5) is 13.5. The molecule has 0 radical (unpaired) electrons. The number of nitrogens with one attached hydrogen (secondary N) is 1. The quantitative estimate of drug-likeness (QED) is 0.650. The molecule has 1 aliphatic heterocycles. The van der Waals surface area contributed by atoms with E-state index in [2.05, 4.69) is 9.88 Å². The molecule has 0 aliphatic carbocycles. The Morgan fingerprint density at radius 2 is 1.74 bits per heavy atom. The summed E-state index contributed by atoms with van der Waals surface area (Å²) in [5.74, 6) is -1.27. The van der Waals surface area contributed by atoms with Gasteiger partial charge < -0.3 is 9.42 Å². The lowest BCUT2D eigenvalue weighted by atomic mass is 10.2. The van der Waals surface area contributed by atoms with Gasteiger partial charge in [0.25, 0.3) is 0 Å². The molecular weight excluding hydrogens is 451 g/mol. The van der Waals surface area contributed by atoms with Crippen LogP contribution in [0.4, 0.5) is 4.39 Å². The second-order valence-corrected chi connectivity index (χ2v) is 10.7. The van der Waals surface area contributed by atoms with Crippen LogP contribution in [-0.2, 0) is 24.8 Å². The van der Waals surface area contributed by atoms with Gasteiger partial charge in [-0.25, -0.2) is 21.2 Å². The standard InChI is InChI=1S/C18H23FN4O6S2/c1-12-17(14(3)29-20-12)31(27,28)23-10-8-22(9-11-23)18(24)13(2)21-30(25,26)16-7-5-4-6-15(16)19/h4-7,13,21H,8-11H2,1-3H3/t13-/m0/s1. The van der Waals surface area contributed by atoms with Gasteiger partial charge in [0.2, 0.25) is 26.0 Å². The van der Waals surface area contributed by atoms with E-state index in [4.69, 9.17) is 4.52 Å². The molecule has 0 unspecified atom stereocenters. The summed E-state index contributed by atoms with van der Waals surface area (Å²) >= 11 is 0. The molecule has 2 heterocycles. The van der Waals surface area contributed by atoms with E-state index in [0.717, 1.165) is 12.1 Å². The summed E-state index contributed by atoms with van der Waals surface area (Å²) in [7, 11) is -8.08. The van der Waals surface area contributed by atoms with Crippen molar-refractivity contribution in [1.82, 2.24) is 19.1 Å².